The Morgan fingerprint density at radius 1 is 1.14 bits per heavy atom. The number of halogens is 2. The number of carbonyl (C=O) groups excluding carboxylic acids is 2. The highest BCUT2D eigenvalue weighted by Crippen LogP contribution is 2.16. The molecular weight excluding hydrogens is 382 g/mol. The Balaban J connectivity index is 2.02. The van der Waals surface area contributed by atoms with Crippen LogP contribution in [0.5, 0.6) is 0 Å². The van der Waals surface area contributed by atoms with Crippen molar-refractivity contribution < 1.29 is 23.5 Å². The predicted octanol–water partition coefficient (Wildman–Crippen LogP) is 2.45. The first-order valence-corrected chi connectivity index (χ1v) is 9.18. The maximum Gasteiger partial charge on any atom is 0.248 e. The molecule has 0 aliphatic carbocycles. The van der Waals surface area contributed by atoms with E-state index in [2.05, 4.69) is 20.6 Å². The molecule has 2 aromatic rings. The Bertz CT molecular complexity index is 847. The summed E-state index contributed by atoms with van der Waals surface area (Å²) in [7, 11) is 0. The minimum Gasteiger partial charge on any atom is -0.384 e. The second kappa shape index (κ2) is 9.51. The van der Waals surface area contributed by atoms with Crippen molar-refractivity contribution in [1.29, 1.82) is 0 Å². The number of carbonyl (C=O) groups is 2. The first kappa shape index (κ1) is 22.4. The van der Waals surface area contributed by atoms with E-state index in [1.54, 1.807) is 13.8 Å². The Morgan fingerprint density at radius 2 is 1.79 bits per heavy atom. The van der Waals surface area contributed by atoms with E-state index in [-0.39, 0.29) is 17.8 Å². The van der Waals surface area contributed by atoms with Crippen molar-refractivity contribution in [3.8, 4) is 0 Å². The monoisotopic (exact) mass is 406 g/mol. The van der Waals surface area contributed by atoms with Crippen LogP contribution in [0.3, 0.4) is 0 Å². The molecular formula is C20H24F2N4O3. The fourth-order valence-electron chi connectivity index (χ4n) is 2.62. The lowest BCUT2D eigenvalue weighted by molar-refractivity contribution is -0.126. The van der Waals surface area contributed by atoms with Gasteiger partial charge in [-0.05, 0) is 38.0 Å². The van der Waals surface area contributed by atoms with Crippen LogP contribution in [-0.2, 0) is 21.6 Å². The molecule has 0 saturated carbocycles. The molecule has 1 unspecified atom stereocenters. The van der Waals surface area contributed by atoms with Gasteiger partial charge in [0.2, 0.25) is 11.8 Å². The summed E-state index contributed by atoms with van der Waals surface area (Å²) in [5.74, 6) is -2.40. The lowest BCUT2D eigenvalue weighted by Crippen LogP contribution is -2.44. The molecule has 0 spiro atoms. The van der Waals surface area contributed by atoms with Gasteiger partial charge in [0.25, 0.3) is 0 Å². The van der Waals surface area contributed by atoms with Gasteiger partial charge < -0.3 is 15.7 Å². The van der Waals surface area contributed by atoms with E-state index in [1.165, 1.54) is 12.4 Å². The molecule has 2 rings (SSSR count). The summed E-state index contributed by atoms with van der Waals surface area (Å²) < 4.78 is 26.5. The topological polar surface area (TPSA) is 104 Å². The van der Waals surface area contributed by atoms with Gasteiger partial charge in [0.05, 0.1) is 24.5 Å². The van der Waals surface area contributed by atoms with E-state index >= 15 is 0 Å². The molecule has 1 aromatic heterocycles. The molecule has 1 heterocycles. The summed E-state index contributed by atoms with van der Waals surface area (Å²) in [5, 5.41) is 15.0. The minimum atomic E-state index is -1.16. The van der Waals surface area contributed by atoms with Crippen molar-refractivity contribution in [2.24, 2.45) is 0 Å². The first-order chi connectivity index (χ1) is 13.6. The molecule has 1 atom stereocenters. The van der Waals surface area contributed by atoms with Gasteiger partial charge in [0.15, 0.2) is 5.82 Å². The Labute approximate surface area is 167 Å². The van der Waals surface area contributed by atoms with Crippen LogP contribution in [0.25, 0.3) is 0 Å². The van der Waals surface area contributed by atoms with Crippen molar-refractivity contribution in [2.45, 2.75) is 51.7 Å². The van der Waals surface area contributed by atoms with Crippen LogP contribution in [0.15, 0.2) is 30.6 Å². The van der Waals surface area contributed by atoms with E-state index in [0.29, 0.717) is 18.5 Å². The van der Waals surface area contributed by atoms with E-state index in [0.717, 1.165) is 18.2 Å². The molecule has 0 fully saturated rings. The molecule has 2 amide bonds. The summed E-state index contributed by atoms with van der Waals surface area (Å²) >= 11 is 0. The van der Waals surface area contributed by atoms with E-state index in [4.69, 9.17) is 0 Å². The van der Waals surface area contributed by atoms with Gasteiger partial charge in [-0.15, -0.1) is 0 Å². The molecule has 0 bridgehead atoms. The van der Waals surface area contributed by atoms with Crippen LogP contribution in [0.2, 0.25) is 0 Å². The van der Waals surface area contributed by atoms with Gasteiger partial charge in [-0.3, -0.25) is 14.6 Å². The molecule has 0 saturated heterocycles. The van der Waals surface area contributed by atoms with Crippen LogP contribution < -0.4 is 10.6 Å². The summed E-state index contributed by atoms with van der Waals surface area (Å²) in [5.41, 5.74) is -0.648. The number of benzene rings is 1. The second-order valence-corrected chi connectivity index (χ2v) is 7.20. The highest BCUT2D eigenvalue weighted by Gasteiger charge is 2.22. The first-order valence-electron chi connectivity index (χ1n) is 9.18. The quantitative estimate of drug-likeness (QED) is 0.625. The summed E-state index contributed by atoms with van der Waals surface area (Å²) in [6.07, 6.45) is 3.38. The SMILES string of the molecule is CCCC(NC(=O)Cc1cc(F)cc(F)c1)C(=O)Nc1cnc(C(C)(C)O)cn1. The lowest BCUT2D eigenvalue weighted by atomic mass is 10.1. The zero-order valence-corrected chi connectivity index (χ0v) is 16.5. The van der Waals surface area contributed by atoms with Crippen LogP contribution in [0.1, 0.15) is 44.9 Å². The minimum absolute atomic E-state index is 0.170. The third-order valence-electron chi connectivity index (χ3n) is 4.05. The maximum absolute atomic E-state index is 13.3. The molecule has 3 N–H and O–H groups in total. The molecule has 0 aliphatic heterocycles. The Morgan fingerprint density at radius 3 is 2.31 bits per heavy atom. The Hall–Kier alpha value is -2.94. The fraction of sp³-hybridized carbons (Fsp3) is 0.400. The van der Waals surface area contributed by atoms with Crippen molar-refractivity contribution in [2.75, 3.05) is 5.32 Å². The van der Waals surface area contributed by atoms with Gasteiger partial charge >= 0.3 is 0 Å². The van der Waals surface area contributed by atoms with Gasteiger partial charge in [-0.1, -0.05) is 13.3 Å². The van der Waals surface area contributed by atoms with E-state index in [1.807, 2.05) is 6.92 Å². The second-order valence-electron chi connectivity index (χ2n) is 7.20. The standard InChI is InChI=1S/C20H24F2N4O3/c1-4-5-15(25-18(27)8-12-6-13(21)9-14(22)7-12)19(28)26-17-11-23-16(10-24-17)20(2,3)29/h6-7,9-11,15,29H,4-5,8H2,1-3H3,(H,25,27)(H,24,26,28). The zero-order valence-electron chi connectivity index (χ0n) is 16.5. The predicted molar refractivity (Wildman–Crippen MR) is 103 cm³/mol. The zero-order chi connectivity index (χ0) is 21.6. The highest BCUT2D eigenvalue weighted by atomic mass is 19.1. The summed E-state index contributed by atoms with van der Waals surface area (Å²) in [6, 6.07) is 2.01. The lowest BCUT2D eigenvalue weighted by Gasteiger charge is -2.19. The number of amides is 2. The van der Waals surface area contributed by atoms with E-state index < -0.39 is 35.1 Å². The Kier molecular flexibility index (Phi) is 7.33. The van der Waals surface area contributed by atoms with Gasteiger partial charge in [0.1, 0.15) is 23.3 Å². The summed E-state index contributed by atoms with van der Waals surface area (Å²) in [4.78, 5) is 32.9. The molecule has 29 heavy (non-hydrogen) atoms. The van der Waals surface area contributed by atoms with Crippen molar-refractivity contribution in [3.05, 3.63) is 53.5 Å². The molecule has 0 aliphatic rings. The number of nitrogens with zero attached hydrogens (tertiary/aromatic N) is 2. The van der Waals surface area contributed by atoms with Gasteiger partial charge in [0, 0.05) is 6.07 Å². The number of hydrogen-bond acceptors (Lipinski definition) is 5. The van der Waals surface area contributed by atoms with E-state index in [9.17, 15) is 23.5 Å². The van der Waals surface area contributed by atoms with Crippen LogP contribution in [0, 0.1) is 11.6 Å². The van der Waals surface area contributed by atoms with Crippen LogP contribution in [0.4, 0.5) is 14.6 Å². The molecule has 9 heteroatoms. The highest BCUT2D eigenvalue weighted by molar-refractivity contribution is 5.96. The third kappa shape index (κ3) is 6.86. The largest absolute Gasteiger partial charge is 0.384 e. The molecule has 156 valence electrons. The van der Waals surface area contributed by atoms with Crippen molar-refractivity contribution in [1.82, 2.24) is 15.3 Å². The number of rotatable bonds is 8. The van der Waals surface area contributed by atoms with Gasteiger partial charge in [-0.2, -0.15) is 0 Å². The number of anilines is 1. The number of hydrogen-bond donors (Lipinski definition) is 3. The van der Waals surface area contributed by atoms with Crippen LogP contribution >= 0.6 is 0 Å². The molecule has 1 aromatic carbocycles. The average molecular weight is 406 g/mol. The van der Waals surface area contributed by atoms with Crippen LogP contribution in [-0.4, -0.2) is 32.9 Å². The fourth-order valence-corrected chi connectivity index (χ4v) is 2.62. The van der Waals surface area contributed by atoms with Crippen molar-refractivity contribution in [3.63, 3.8) is 0 Å². The molecule has 7 nitrogen and oxygen atoms in total. The van der Waals surface area contributed by atoms with Crippen molar-refractivity contribution >= 4 is 17.6 Å². The average Bonchev–Trinajstić information content (AvgIpc) is 2.60. The smallest absolute Gasteiger partial charge is 0.248 e. The number of aromatic nitrogens is 2. The molecule has 0 radical (unpaired) electrons. The van der Waals surface area contributed by atoms with Gasteiger partial charge in [-0.25, -0.2) is 13.8 Å². The third-order valence-corrected chi connectivity index (χ3v) is 4.05. The normalized spacial score (nSPS) is 12.3. The summed E-state index contributed by atoms with van der Waals surface area (Å²) in [6.45, 7) is 4.98. The number of aliphatic hydroxyl groups is 1. The maximum atomic E-state index is 13.3. The number of nitrogens with one attached hydrogen (secondary N) is 2.